The first kappa shape index (κ1) is 16.9. The second-order valence-electron chi connectivity index (χ2n) is 6.30. The zero-order chi connectivity index (χ0) is 18.8. The minimum absolute atomic E-state index is 0.254. The van der Waals surface area contributed by atoms with Crippen LogP contribution in [0.2, 0.25) is 0 Å². The molecule has 1 N–H and O–H groups in total. The topological polar surface area (TPSA) is 72.2 Å². The molecule has 0 atom stereocenters. The van der Waals surface area contributed by atoms with Crippen molar-refractivity contribution in [2.45, 2.75) is 20.3 Å². The maximum Gasteiger partial charge on any atom is 0.278 e. The van der Waals surface area contributed by atoms with Crippen molar-refractivity contribution < 1.29 is 4.79 Å². The Morgan fingerprint density at radius 2 is 1.78 bits per heavy atom. The average Bonchev–Trinajstić information content (AvgIpc) is 3.14. The third kappa shape index (κ3) is 3.17. The first-order valence-electron chi connectivity index (χ1n) is 8.84. The van der Waals surface area contributed by atoms with Crippen molar-refractivity contribution in [2.75, 3.05) is 5.32 Å². The molecular weight excluding hydrogens is 338 g/mol. The summed E-state index contributed by atoms with van der Waals surface area (Å²) in [5, 5.41) is 15.7. The summed E-state index contributed by atoms with van der Waals surface area (Å²) in [6.45, 7) is 3.91. The zero-order valence-corrected chi connectivity index (χ0v) is 15.2. The number of rotatable bonds is 4. The minimum Gasteiger partial charge on any atom is -0.321 e. The summed E-state index contributed by atoms with van der Waals surface area (Å²) in [4.78, 5) is 12.7. The number of hydrogen-bond donors (Lipinski definition) is 1. The van der Waals surface area contributed by atoms with Gasteiger partial charge in [0.25, 0.3) is 5.91 Å². The van der Waals surface area contributed by atoms with Gasteiger partial charge in [-0.3, -0.25) is 4.79 Å². The van der Waals surface area contributed by atoms with Crippen molar-refractivity contribution >= 4 is 17.2 Å². The van der Waals surface area contributed by atoms with Crippen LogP contribution < -0.4 is 5.32 Å². The van der Waals surface area contributed by atoms with Crippen LogP contribution in [0.5, 0.6) is 0 Å². The van der Waals surface area contributed by atoms with Crippen LogP contribution in [-0.4, -0.2) is 25.7 Å². The normalized spacial score (nSPS) is 10.9. The fourth-order valence-electron chi connectivity index (χ4n) is 3.00. The van der Waals surface area contributed by atoms with Crippen molar-refractivity contribution in [3.63, 3.8) is 0 Å². The van der Waals surface area contributed by atoms with Gasteiger partial charge in [-0.25, -0.2) is 4.52 Å². The minimum atomic E-state index is -0.303. The molecule has 0 unspecified atom stereocenters. The van der Waals surface area contributed by atoms with E-state index in [2.05, 4.69) is 27.5 Å². The standard InChI is InChI=1S/C21H19N5O/c1-3-15-9-11-17(12-10-15)23-21(27)19-14(2)26-20(25-24-19)18(13-22-26)16-7-5-4-6-8-16/h4-13H,3H2,1-2H3,(H,23,27). The maximum atomic E-state index is 12.7. The van der Waals surface area contributed by atoms with Crippen LogP contribution in [0.1, 0.15) is 28.7 Å². The van der Waals surface area contributed by atoms with Crippen LogP contribution in [-0.2, 0) is 6.42 Å². The number of nitrogens with zero attached hydrogens (tertiary/aromatic N) is 4. The monoisotopic (exact) mass is 357 g/mol. The van der Waals surface area contributed by atoms with E-state index in [-0.39, 0.29) is 11.6 Å². The molecule has 4 aromatic rings. The van der Waals surface area contributed by atoms with Gasteiger partial charge in [0.1, 0.15) is 0 Å². The van der Waals surface area contributed by atoms with Crippen molar-refractivity contribution in [1.29, 1.82) is 0 Å². The highest BCUT2D eigenvalue weighted by molar-refractivity contribution is 6.03. The highest BCUT2D eigenvalue weighted by atomic mass is 16.2. The summed E-state index contributed by atoms with van der Waals surface area (Å²) < 4.78 is 1.66. The molecule has 0 aliphatic carbocycles. The lowest BCUT2D eigenvalue weighted by atomic mass is 10.1. The van der Waals surface area contributed by atoms with E-state index in [4.69, 9.17) is 0 Å². The smallest absolute Gasteiger partial charge is 0.278 e. The maximum absolute atomic E-state index is 12.7. The van der Waals surface area contributed by atoms with E-state index in [1.807, 2.05) is 61.5 Å². The highest BCUT2D eigenvalue weighted by Gasteiger charge is 2.18. The molecule has 0 saturated heterocycles. The summed E-state index contributed by atoms with van der Waals surface area (Å²) in [5.74, 6) is -0.303. The molecule has 6 heteroatoms. The molecular formula is C21H19N5O. The molecule has 4 rings (SSSR count). The Balaban J connectivity index is 1.66. The fraction of sp³-hybridized carbons (Fsp3) is 0.143. The number of aryl methyl sites for hydroxylation is 2. The Labute approximate surface area is 156 Å². The zero-order valence-electron chi connectivity index (χ0n) is 15.2. The molecule has 0 bridgehead atoms. The number of amides is 1. The second kappa shape index (κ2) is 6.99. The van der Waals surface area contributed by atoms with Crippen molar-refractivity contribution in [3.8, 4) is 11.1 Å². The number of aromatic nitrogens is 4. The second-order valence-corrected chi connectivity index (χ2v) is 6.30. The van der Waals surface area contributed by atoms with Crippen molar-refractivity contribution in [3.05, 3.63) is 77.7 Å². The van der Waals surface area contributed by atoms with Crippen molar-refractivity contribution in [2.24, 2.45) is 0 Å². The summed E-state index contributed by atoms with van der Waals surface area (Å²) in [7, 11) is 0. The third-order valence-electron chi connectivity index (χ3n) is 4.57. The predicted octanol–water partition coefficient (Wildman–Crippen LogP) is 3.91. The Hall–Kier alpha value is -3.54. The van der Waals surface area contributed by atoms with E-state index in [1.165, 1.54) is 5.56 Å². The van der Waals surface area contributed by atoms with Gasteiger partial charge in [0.05, 0.1) is 11.9 Å². The lowest BCUT2D eigenvalue weighted by Crippen LogP contribution is -2.18. The van der Waals surface area contributed by atoms with E-state index < -0.39 is 0 Å². The van der Waals surface area contributed by atoms with Gasteiger partial charge < -0.3 is 5.32 Å². The number of hydrogen-bond acceptors (Lipinski definition) is 4. The molecule has 0 aliphatic rings. The number of carbonyl (C=O) groups excluding carboxylic acids is 1. The molecule has 2 heterocycles. The Bertz CT molecular complexity index is 1100. The molecule has 0 fully saturated rings. The molecule has 27 heavy (non-hydrogen) atoms. The lowest BCUT2D eigenvalue weighted by molar-refractivity contribution is 0.102. The van der Waals surface area contributed by atoms with Gasteiger partial charge >= 0.3 is 0 Å². The first-order chi connectivity index (χ1) is 13.2. The quantitative estimate of drug-likeness (QED) is 0.601. The molecule has 1 amide bonds. The largest absolute Gasteiger partial charge is 0.321 e. The molecule has 134 valence electrons. The molecule has 0 saturated carbocycles. The summed E-state index contributed by atoms with van der Waals surface area (Å²) in [5.41, 5.74) is 5.36. The number of carbonyl (C=O) groups is 1. The van der Waals surface area contributed by atoms with Gasteiger partial charge in [-0.1, -0.05) is 49.4 Å². The molecule has 0 aliphatic heterocycles. The average molecular weight is 357 g/mol. The Morgan fingerprint density at radius 3 is 2.48 bits per heavy atom. The van der Waals surface area contributed by atoms with Gasteiger partial charge in [0.15, 0.2) is 11.3 Å². The van der Waals surface area contributed by atoms with E-state index >= 15 is 0 Å². The van der Waals surface area contributed by atoms with Crippen LogP contribution in [0.15, 0.2) is 60.8 Å². The van der Waals surface area contributed by atoms with Gasteiger partial charge in [-0.2, -0.15) is 5.10 Å². The number of fused-ring (bicyclic) bond motifs is 1. The number of benzene rings is 2. The van der Waals surface area contributed by atoms with Crippen LogP contribution in [0, 0.1) is 6.92 Å². The number of anilines is 1. The molecule has 2 aromatic heterocycles. The summed E-state index contributed by atoms with van der Waals surface area (Å²) in [6.07, 6.45) is 2.70. The van der Waals surface area contributed by atoms with Crippen LogP contribution >= 0.6 is 0 Å². The Morgan fingerprint density at radius 1 is 1.04 bits per heavy atom. The first-order valence-corrected chi connectivity index (χ1v) is 8.84. The SMILES string of the molecule is CCc1ccc(NC(=O)c2nnc3c(-c4ccccc4)cnn3c2C)cc1. The summed E-state index contributed by atoms with van der Waals surface area (Å²) in [6, 6.07) is 17.6. The highest BCUT2D eigenvalue weighted by Crippen LogP contribution is 2.23. The van der Waals surface area contributed by atoms with E-state index in [9.17, 15) is 4.79 Å². The van der Waals surface area contributed by atoms with Gasteiger partial charge in [-0.05, 0) is 36.6 Å². The molecule has 0 radical (unpaired) electrons. The molecule has 6 nitrogen and oxygen atoms in total. The predicted molar refractivity (Wildman–Crippen MR) is 105 cm³/mol. The van der Waals surface area contributed by atoms with Gasteiger partial charge in [0, 0.05) is 11.3 Å². The van der Waals surface area contributed by atoms with E-state index in [1.54, 1.807) is 10.7 Å². The Kier molecular flexibility index (Phi) is 4.38. The fourth-order valence-corrected chi connectivity index (χ4v) is 3.00. The number of nitrogens with one attached hydrogen (secondary N) is 1. The molecule has 0 spiro atoms. The van der Waals surface area contributed by atoms with Gasteiger partial charge in [0.2, 0.25) is 0 Å². The van der Waals surface area contributed by atoms with Crippen LogP contribution in [0.3, 0.4) is 0 Å². The van der Waals surface area contributed by atoms with Gasteiger partial charge in [-0.15, -0.1) is 10.2 Å². The van der Waals surface area contributed by atoms with Crippen LogP contribution in [0.4, 0.5) is 5.69 Å². The van der Waals surface area contributed by atoms with E-state index in [0.29, 0.717) is 11.3 Å². The molecule has 2 aromatic carbocycles. The third-order valence-corrected chi connectivity index (χ3v) is 4.57. The van der Waals surface area contributed by atoms with E-state index in [0.717, 1.165) is 23.2 Å². The van der Waals surface area contributed by atoms with Crippen LogP contribution in [0.25, 0.3) is 16.8 Å². The van der Waals surface area contributed by atoms with Crippen molar-refractivity contribution in [1.82, 2.24) is 19.8 Å². The lowest BCUT2D eigenvalue weighted by Gasteiger charge is -2.08. The summed E-state index contributed by atoms with van der Waals surface area (Å²) >= 11 is 0.